The molecule has 1 amide bonds. The first-order valence-electron chi connectivity index (χ1n) is 9.78. The van der Waals surface area contributed by atoms with Crippen LogP contribution in [-0.4, -0.2) is 25.2 Å². The molecule has 3 rings (SSSR count). The van der Waals surface area contributed by atoms with Gasteiger partial charge in [-0.3, -0.25) is 4.79 Å². The Morgan fingerprint density at radius 3 is 2.52 bits per heavy atom. The predicted octanol–water partition coefficient (Wildman–Crippen LogP) is 4.69. The Balaban J connectivity index is 1.57. The van der Waals surface area contributed by atoms with E-state index in [1.165, 1.54) is 19.3 Å². The first-order valence-corrected chi connectivity index (χ1v) is 9.78. The van der Waals surface area contributed by atoms with E-state index in [4.69, 9.17) is 4.74 Å². The molecule has 4 nitrogen and oxygen atoms in total. The standard InChI is InChI=1S/C23H26N2O2/c24-17-18-9-4-5-12-20(18)21-13-6-7-14-22(21)23(26)25-15-8-16-27-19-10-2-1-3-11-19/h4-7,9,12-14,19H,1-3,8,10-11,15-16H2,(H,25,26). The van der Waals surface area contributed by atoms with Crippen LogP contribution in [0.25, 0.3) is 11.1 Å². The molecule has 0 atom stereocenters. The average Bonchev–Trinajstić information content (AvgIpc) is 2.74. The fourth-order valence-corrected chi connectivity index (χ4v) is 3.58. The third-order valence-corrected chi connectivity index (χ3v) is 5.02. The van der Waals surface area contributed by atoms with Gasteiger partial charge in [0, 0.05) is 24.3 Å². The molecule has 0 bridgehead atoms. The normalized spacial score (nSPS) is 14.5. The van der Waals surface area contributed by atoms with Crippen molar-refractivity contribution in [3.8, 4) is 17.2 Å². The molecule has 2 aromatic carbocycles. The summed E-state index contributed by atoms with van der Waals surface area (Å²) in [6, 6.07) is 17.0. The van der Waals surface area contributed by atoms with Crippen LogP contribution in [0.3, 0.4) is 0 Å². The van der Waals surface area contributed by atoms with E-state index in [9.17, 15) is 10.1 Å². The van der Waals surface area contributed by atoms with E-state index < -0.39 is 0 Å². The average molecular weight is 362 g/mol. The van der Waals surface area contributed by atoms with E-state index in [1.54, 1.807) is 12.1 Å². The molecule has 0 aliphatic heterocycles. The summed E-state index contributed by atoms with van der Waals surface area (Å²) in [4.78, 5) is 12.7. The number of amides is 1. The van der Waals surface area contributed by atoms with Crippen LogP contribution in [0.2, 0.25) is 0 Å². The Bertz CT molecular complexity index is 804. The molecule has 140 valence electrons. The van der Waals surface area contributed by atoms with Gasteiger partial charge in [-0.05, 0) is 37.0 Å². The molecule has 4 heteroatoms. The lowest BCUT2D eigenvalue weighted by atomic mass is 9.95. The van der Waals surface area contributed by atoms with Gasteiger partial charge in [0.1, 0.15) is 0 Å². The Hall–Kier alpha value is -2.64. The Labute approximate surface area is 161 Å². The van der Waals surface area contributed by atoms with Crippen LogP contribution in [0.1, 0.15) is 54.4 Å². The highest BCUT2D eigenvalue weighted by Crippen LogP contribution is 2.26. The molecular formula is C23H26N2O2. The SMILES string of the molecule is N#Cc1ccccc1-c1ccccc1C(=O)NCCCOC1CCCCC1. The summed E-state index contributed by atoms with van der Waals surface area (Å²) in [6.45, 7) is 1.27. The summed E-state index contributed by atoms with van der Waals surface area (Å²) in [5.41, 5.74) is 2.73. The molecule has 0 heterocycles. The molecule has 0 saturated heterocycles. The molecule has 1 fully saturated rings. The highest BCUT2D eigenvalue weighted by Gasteiger charge is 2.15. The fourth-order valence-electron chi connectivity index (χ4n) is 3.58. The minimum atomic E-state index is -0.115. The summed E-state index contributed by atoms with van der Waals surface area (Å²) in [5, 5.41) is 12.3. The maximum Gasteiger partial charge on any atom is 0.251 e. The summed E-state index contributed by atoms with van der Waals surface area (Å²) in [7, 11) is 0. The van der Waals surface area contributed by atoms with Crippen LogP contribution < -0.4 is 5.32 Å². The first kappa shape index (κ1) is 19.1. The van der Waals surface area contributed by atoms with Crippen LogP contribution >= 0.6 is 0 Å². The quantitative estimate of drug-likeness (QED) is 0.727. The summed E-state index contributed by atoms with van der Waals surface area (Å²) in [5.74, 6) is -0.115. The minimum absolute atomic E-state index is 0.115. The number of hydrogen-bond donors (Lipinski definition) is 1. The maximum atomic E-state index is 12.7. The van der Waals surface area contributed by atoms with Crippen LogP contribution in [-0.2, 0) is 4.74 Å². The van der Waals surface area contributed by atoms with Gasteiger partial charge in [0.25, 0.3) is 5.91 Å². The van der Waals surface area contributed by atoms with Gasteiger partial charge in [0.15, 0.2) is 0 Å². The number of nitrogens with zero attached hydrogens (tertiary/aromatic N) is 1. The van der Waals surface area contributed by atoms with E-state index in [0.29, 0.717) is 30.4 Å². The molecule has 1 saturated carbocycles. The van der Waals surface area contributed by atoms with Crippen molar-refractivity contribution in [1.82, 2.24) is 5.32 Å². The molecule has 2 aromatic rings. The Kier molecular flexibility index (Phi) is 7.01. The van der Waals surface area contributed by atoms with E-state index >= 15 is 0 Å². The van der Waals surface area contributed by atoms with Gasteiger partial charge in [-0.15, -0.1) is 0 Å². The predicted molar refractivity (Wildman–Crippen MR) is 106 cm³/mol. The second-order valence-electron chi connectivity index (χ2n) is 6.94. The number of carbonyl (C=O) groups excluding carboxylic acids is 1. The zero-order valence-electron chi connectivity index (χ0n) is 15.6. The third kappa shape index (κ3) is 5.18. The maximum absolute atomic E-state index is 12.7. The van der Waals surface area contributed by atoms with E-state index in [1.807, 2.05) is 36.4 Å². The Morgan fingerprint density at radius 1 is 1.04 bits per heavy atom. The van der Waals surface area contributed by atoms with Gasteiger partial charge >= 0.3 is 0 Å². The minimum Gasteiger partial charge on any atom is -0.378 e. The Morgan fingerprint density at radius 2 is 1.74 bits per heavy atom. The van der Waals surface area contributed by atoms with Crippen molar-refractivity contribution in [2.75, 3.05) is 13.2 Å². The zero-order valence-corrected chi connectivity index (χ0v) is 15.6. The third-order valence-electron chi connectivity index (χ3n) is 5.02. The van der Waals surface area contributed by atoms with Gasteiger partial charge in [0.05, 0.1) is 17.7 Å². The smallest absolute Gasteiger partial charge is 0.251 e. The van der Waals surface area contributed by atoms with Gasteiger partial charge < -0.3 is 10.1 Å². The second kappa shape index (κ2) is 9.89. The van der Waals surface area contributed by atoms with Gasteiger partial charge in [-0.25, -0.2) is 0 Å². The molecule has 1 N–H and O–H groups in total. The van der Waals surface area contributed by atoms with Gasteiger partial charge in [-0.2, -0.15) is 5.26 Å². The van der Waals surface area contributed by atoms with E-state index in [-0.39, 0.29) is 5.91 Å². The molecule has 1 aliphatic carbocycles. The molecule has 0 aromatic heterocycles. The van der Waals surface area contributed by atoms with Crippen LogP contribution in [0.4, 0.5) is 0 Å². The van der Waals surface area contributed by atoms with Crippen molar-refractivity contribution in [1.29, 1.82) is 5.26 Å². The van der Waals surface area contributed by atoms with Crippen LogP contribution in [0.5, 0.6) is 0 Å². The summed E-state index contributed by atoms with van der Waals surface area (Å²) >= 11 is 0. The molecule has 0 radical (unpaired) electrons. The number of hydrogen-bond acceptors (Lipinski definition) is 3. The highest BCUT2D eigenvalue weighted by atomic mass is 16.5. The monoisotopic (exact) mass is 362 g/mol. The molecular weight excluding hydrogens is 336 g/mol. The van der Waals surface area contributed by atoms with Gasteiger partial charge in [-0.1, -0.05) is 55.7 Å². The fraction of sp³-hybridized carbons (Fsp3) is 0.391. The van der Waals surface area contributed by atoms with Crippen molar-refractivity contribution in [2.45, 2.75) is 44.6 Å². The highest BCUT2D eigenvalue weighted by molar-refractivity contribution is 6.01. The first-order chi connectivity index (χ1) is 13.3. The van der Waals surface area contributed by atoms with Crippen molar-refractivity contribution in [3.05, 3.63) is 59.7 Å². The van der Waals surface area contributed by atoms with E-state index in [2.05, 4.69) is 11.4 Å². The lowest BCUT2D eigenvalue weighted by molar-refractivity contribution is 0.0273. The van der Waals surface area contributed by atoms with Crippen molar-refractivity contribution in [2.24, 2.45) is 0 Å². The molecule has 0 unspecified atom stereocenters. The van der Waals surface area contributed by atoms with Crippen molar-refractivity contribution < 1.29 is 9.53 Å². The topological polar surface area (TPSA) is 62.1 Å². The number of nitrogens with one attached hydrogen (secondary N) is 1. The number of carbonyl (C=O) groups is 1. The lowest BCUT2D eigenvalue weighted by Crippen LogP contribution is -2.26. The summed E-state index contributed by atoms with van der Waals surface area (Å²) in [6.07, 6.45) is 7.39. The van der Waals surface area contributed by atoms with Gasteiger partial charge in [0.2, 0.25) is 0 Å². The summed E-state index contributed by atoms with van der Waals surface area (Å²) < 4.78 is 5.91. The molecule has 1 aliphatic rings. The molecule has 0 spiro atoms. The second-order valence-corrected chi connectivity index (χ2v) is 6.94. The zero-order chi connectivity index (χ0) is 18.9. The lowest BCUT2D eigenvalue weighted by Gasteiger charge is -2.22. The number of benzene rings is 2. The van der Waals surface area contributed by atoms with Crippen molar-refractivity contribution in [3.63, 3.8) is 0 Å². The largest absolute Gasteiger partial charge is 0.378 e. The number of nitriles is 1. The van der Waals surface area contributed by atoms with Crippen LogP contribution in [0.15, 0.2) is 48.5 Å². The van der Waals surface area contributed by atoms with Crippen molar-refractivity contribution >= 4 is 5.91 Å². The molecule has 27 heavy (non-hydrogen) atoms. The van der Waals surface area contributed by atoms with Crippen LogP contribution in [0, 0.1) is 11.3 Å². The number of rotatable bonds is 7. The van der Waals surface area contributed by atoms with E-state index in [0.717, 1.165) is 30.4 Å². The number of ether oxygens (including phenoxy) is 1.